The molecule has 3 rings (SSSR count). The number of rotatable bonds is 4. The third kappa shape index (κ3) is 3.06. The fourth-order valence-electron chi connectivity index (χ4n) is 2.40. The maximum Gasteiger partial charge on any atom is 0.469 e. The lowest BCUT2D eigenvalue weighted by molar-refractivity contribution is -0.0503. The molecule has 0 aliphatic carbocycles. The highest BCUT2D eigenvalue weighted by Crippen LogP contribution is 2.38. The summed E-state index contributed by atoms with van der Waals surface area (Å²) in [7, 11) is -4.76. The van der Waals surface area contributed by atoms with E-state index in [-0.39, 0.29) is 17.1 Å². The molecule has 0 saturated carbocycles. The van der Waals surface area contributed by atoms with Crippen LogP contribution in [0, 0.1) is 0 Å². The Hall–Kier alpha value is -1.86. The summed E-state index contributed by atoms with van der Waals surface area (Å²) in [6, 6.07) is 0. The Morgan fingerprint density at radius 3 is 2.79 bits per heavy atom. The van der Waals surface area contributed by atoms with E-state index in [9.17, 15) is 19.6 Å². The molecule has 24 heavy (non-hydrogen) atoms. The van der Waals surface area contributed by atoms with Gasteiger partial charge in [0.2, 0.25) is 5.95 Å². The van der Waals surface area contributed by atoms with Crippen LogP contribution in [0.1, 0.15) is 6.23 Å². The van der Waals surface area contributed by atoms with Gasteiger partial charge in [0.1, 0.15) is 18.3 Å². The number of nitrogens with one attached hydrogen (secondary N) is 1. The van der Waals surface area contributed by atoms with Crippen LogP contribution in [0.25, 0.3) is 11.2 Å². The summed E-state index contributed by atoms with van der Waals surface area (Å²) >= 11 is 0. The highest BCUT2D eigenvalue weighted by atomic mass is 31.2. The first-order chi connectivity index (χ1) is 11.2. The molecule has 0 unspecified atom stereocenters. The number of anilines is 1. The second-order valence-electron chi connectivity index (χ2n) is 5.11. The molecule has 1 aliphatic rings. The van der Waals surface area contributed by atoms with Crippen molar-refractivity contribution in [2.75, 3.05) is 12.3 Å². The molecule has 0 radical (unpaired) electrons. The van der Waals surface area contributed by atoms with Crippen LogP contribution in [0.3, 0.4) is 0 Å². The first-order valence-electron chi connectivity index (χ1n) is 6.61. The number of hydrogen-bond donors (Lipinski definition) is 6. The van der Waals surface area contributed by atoms with Crippen LogP contribution in [0.5, 0.6) is 0 Å². The lowest BCUT2D eigenvalue weighted by Gasteiger charge is -2.16. The van der Waals surface area contributed by atoms with Crippen molar-refractivity contribution in [3.8, 4) is 0 Å². The average Bonchev–Trinajstić information content (AvgIpc) is 3.00. The number of nitrogens with zero attached hydrogens (tertiary/aromatic N) is 3. The number of nitrogen functional groups attached to an aromatic ring is 1. The first-order valence-corrected chi connectivity index (χ1v) is 8.14. The van der Waals surface area contributed by atoms with E-state index in [0.29, 0.717) is 0 Å². The van der Waals surface area contributed by atoms with Gasteiger partial charge in [0.15, 0.2) is 17.4 Å². The van der Waals surface area contributed by atoms with Crippen LogP contribution in [0.15, 0.2) is 11.1 Å². The molecular weight excluding hydrogens is 349 g/mol. The van der Waals surface area contributed by atoms with Crippen LogP contribution in [-0.4, -0.2) is 64.4 Å². The Kier molecular flexibility index (Phi) is 4.17. The summed E-state index contributed by atoms with van der Waals surface area (Å²) < 4.78 is 21.6. The molecule has 3 heterocycles. The van der Waals surface area contributed by atoms with Gasteiger partial charge < -0.3 is 30.5 Å². The van der Waals surface area contributed by atoms with Gasteiger partial charge in [-0.2, -0.15) is 4.98 Å². The number of phosphoric ester groups is 1. The summed E-state index contributed by atoms with van der Waals surface area (Å²) in [6.07, 6.45) is -4.22. The van der Waals surface area contributed by atoms with Gasteiger partial charge in [-0.15, -0.1) is 0 Å². The smallest absolute Gasteiger partial charge is 0.387 e. The average molecular weight is 363 g/mol. The molecule has 0 bridgehead atoms. The van der Waals surface area contributed by atoms with Crippen molar-refractivity contribution in [1.82, 2.24) is 19.5 Å². The monoisotopic (exact) mass is 363 g/mol. The van der Waals surface area contributed by atoms with Crippen LogP contribution in [0.4, 0.5) is 5.95 Å². The van der Waals surface area contributed by atoms with Gasteiger partial charge in [-0.1, -0.05) is 0 Å². The molecule has 7 N–H and O–H groups in total. The van der Waals surface area contributed by atoms with E-state index in [2.05, 4.69) is 19.5 Å². The molecule has 2 aromatic rings. The Labute approximate surface area is 132 Å². The van der Waals surface area contributed by atoms with Gasteiger partial charge in [0.25, 0.3) is 5.56 Å². The largest absolute Gasteiger partial charge is 0.469 e. The maximum atomic E-state index is 11.7. The number of aromatic amines is 1. The van der Waals surface area contributed by atoms with Crippen molar-refractivity contribution in [1.29, 1.82) is 0 Å². The zero-order chi connectivity index (χ0) is 17.6. The van der Waals surface area contributed by atoms with Gasteiger partial charge in [-0.25, -0.2) is 9.55 Å². The Morgan fingerprint density at radius 1 is 1.42 bits per heavy atom. The zero-order valence-electron chi connectivity index (χ0n) is 11.9. The number of H-pyrrole nitrogens is 1. The fraction of sp³-hybridized carbons (Fsp3) is 0.500. The lowest BCUT2D eigenvalue weighted by atomic mass is 10.1. The number of ether oxygens (including phenoxy) is 1. The number of hydrogen-bond acceptors (Lipinski definition) is 9. The second-order valence-corrected chi connectivity index (χ2v) is 6.35. The quantitative estimate of drug-likeness (QED) is 0.311. The van der Waals surface area contributed by atoms with Crippen LogP contribution in [-0.2, 0) is 13.8 Å². The van der Waals surface area contributed by atoms with Crippen LogP contribution in [0.2, 0.25) is 0 Å². The first kappa shape index (κ1) is 17.0. The summed E-state index contributed by atoms with van der Waals surface area (Å²) in [5, 5.41) is 20.1. The molecule has 2 aromatic heterocycles. The van der Waals surface area contributed by atoms with E-state index in [1.165, 1.54) is 10.9 Å². The summed E-state index contributed by atoms with van der Waals surface area (Å²) in [6.45, 7) is -0.651. The predicted octanol–water partition coefficient (Wildman–Crippen LogP) is -2.57. The molecule has 1 saturated heterocycles. The SMILES string of the molecule is Nc1nc2c(ncn2[C@@H]2O[C@@H](COP(=O)(O)O)[C@H](O)[C@H]2O)c(=O)[nH]1. The van der Waals surface area contributed by atoms with Gasteiger partial charge in [0.05, 0.1) is 12.9 Å². The summed E-state index contributed by atoms with van der Waals surface area (Å²) in [4.78, 5) is 39.1. The number of fused-ring (bicyclic) bond motifs is 1. The third-order valence-corrected chi connectivity index (χ3v) is 3.95. The molecule has 0 spiro atoms. The van der Waals surface area contributed by atoms with Crippen molar-refractivity contribution >= 4 is 24.9 Å². The van der Waals surface area contributed by atoms with E-state index in [1.807, 2.05) is 0 Å². The third-order valence-electron chi connectivity index (χ3n) is 3.47. The minimum absolute atomic E-state index is 0.0176. The number of aliphatic hydroxyl groups excluding tert-OH is 2. The minimum Gasteiger partial charge on any atom is -0.387 e. The minimum atomic E-state index is -4.76. The van der Waals surface area contributed by atoms with Crippen molar-refractivity contribution in [2.24, 2.45) is 0 Å². The van der Waals surface area contributed by atoms with E-state index in [4.69, 9.17) is 20.3 Å². The standard InChI is InChI=1S/C10H14N5O8P/c11-10-13-7-4(8(18)14-10)12-2-15(7)9-6(17)5(16)3(23-9)1-22-24(19,20)21/h2-3,5-6,9,16-17H,1H2,(H2,19,20,21)(H3,11,13,14,18)/t3-,5-,6+,9+/m0/s1. The van der Waals surface area contributed by atoms with Gasteiger partial charge in [-0.05, 0) is 0 Å². The van der Waals surface area contributed by atoms with E-state index in [0.717, 1.165) is 0 Å². The maximum absolute atomic E-state index is 11.7. The molecule has 4 atom stereocenters. The summed E-state index contributed by atoms with van der Waals surface area (Å²) in [5.74, 6) is -0.177. The zero-order valence-corrected chi connectivity index (χ0v) is 12.8. The highest BCUT2D eigenvalue weighted by Gasteiger charge is 2.45. The second kappa shape index (κ2) is 5.89. The predicted molar refractivity (Wildman–Crippen MR) is 76.5 cm³/mol. The van der Waals surface area contributed by atoms with Gasteiger partial charge >= 0.3 is 7.82 Å². The Morgan fingerprint density at radius 2 is 2.12 bits per heavy atom. The van der Waals surface area contributed by atoms with Gasteiger partial charge in [-0.3, -0.25) is 18.9 Å². The van der Waals surface area contributed by atoms with E-state index in [1.54, 1.807) is 0 Å². The number of aliphatic hydroxyl groups is 2. The highest BCUT2D eigenvalue weighted by molar-refractivity contribution is 7.46. The van der Waals surface area contributed by atoms with Crippen LogP contribution < -0.4 is 11.3 Å². The normalized spacial score (nSPS) is 27.8. The Balaban J connectivity index is 1.90. The van der Waals surface area contributed by atoms with Crippen molar-refractivity contribution < 1.29 is 33.8 Å². The molecule has 1 aliphatic heterocycles. The van der Waals surface area contributed by atoms with Crippen molar-refractivity contribution in [3.05, 3.63) is 16.7 Å². The summed E-state index contributed by atoms with van der Waals surface area (Å²) in [5.41, 5.74) is 4.84. The topological polar surface area (TPSA) is 206 Å². The number of phosphoric acid groups is 1. The van der Waals surface area contributed by atoms with Crippen molar-refractivity contribution in [3.63, 3.8) is 0 Å². The van der Waals surface area contributed by atoms with E-state index >= 15 is 0 Å². The number of aromatic nitrogens is 4. The molecule has 1 fully saturated rings. The Bertz CT molecular complexity index is 861. The van der Waals surface area contributed by atoms with Gasteiger partial charge in [0, 0.05) is 0 Å². The number of imidazole rings is 1. The van der Waals surface area contributed by atoms with Crippen LogP contribution >= 0.6 is 7.82 Å². The van der Waals surface area contributed by atoms with Crippen molar-refractivity contribution in [2.45, 2.75) is 24.5 Å². The van der Waals surface area contributed by atoms with E-state index < -0.39 is 44.5 Å². The fourth-order valence-corrected chi connectivity index (χ4v) is 2.74. The molecule has 13 nitrogen and oxygen atoms in total. The molecule has 0 aromatic carbocycles. The molecule has 0 amide bonds. The molecular formula is C10H14N5O8P. The molecule has 14 heteroatoms. The lowest BCUT2D eigenvalue weighted by Crippen LogP contribution is -2.33. The number of nitrogens with two attached hydrogens (primary N) is 1. The molecule has 132 valence electrons.